The van der Waals surface area contributed by atoms with E-state index in [1.165, 1.54) is 6.20 Å². The molecule has 0 radical (unpaired) electrons. The number of carboxylic acids is 1. The first-order valence-electron chi connectivity index (χ1n) is 4.45. The summed E-state index contributed by atoms with van der Waals surface area (Å²) in [6.07, 6.45) is 3.11. The first kappa shape index (κ1) is 11.2. The van der Waals surface area contributed by atoms with Gasteiger partial charge in [-0.15, -0.1) is 0 Å². The molecule has 3 nitrogen and oxygen atoms in total. The molecule has 1 aromatic heterocycles. The van der Waals surface area contributed by atoms with E-state index in [4.69, 9.17) is 16.7 Å². The predicted octanol–water partition coefficient (Wildman–Crippen LogP) is 3.80. The highest BCUT2D eigenvalue weighted by Gasteiger charge is 2.14. The van der Waals surface area contributed by atoms with Crippen LogP contribution >= 0.6 is 27.5 Å². The Morgan fingerprint density at radius 3 is 2.69 bits per heavy atom. The molecule has 2 rings (SSSR count). The SMILES string of the molecule is O=C(O)c1c[nH]cc1-c1ccc(Cl)cc1Br. The van der Waals surface area contributed by atoms with Crippen molar-refractivity contribution in [1.82, 2.24) is 4.98 Å². The molecule has 0 saturated heterocycles. The Morgan fingerprint density at radius 2 is 2.06 bits per heavy atom. The number of aromatic nitrogens is 1. The van der Waals surface area contributed by atoms with Crippen LogP contribution in [-0.2, 0) is 0 Å². The second-order valence-corrected chi connectivity index (χ2v) is 4.50. The van der Waals surface area contributed by atoms with E-state index in [9.17, 15) is 4.79 Å². The van der Waals surface area contributed by atoms with Crippen molar-refractivity contribution in [1.29, 1.82) is 0 Å². The zero-order chi connectivity index (χ0) is 11.7. The van der Waals surface area contributed by atoms with E-state index in [1.807, 2.05) is 0 Å². The average molecular weight is 301 g/mol. The molecule has 0 saturated carbocycles. The molecule has 0 fully saturated rings. The Kier molecular flexibility index (Phi) is 3.03. The van der Waals surface area contributed by atoms with Crippen LogP contribution in [0, 0.1) is 0 Å². The monoisotopic (exact) mass is 299 g/mol. The molecular formula is C11H7BrClNO2. The van der Waals surface area contributed by atoms with Gasteiger partial charge in [-0.25, -0.2) is 4.79 Å². The van der Waals surface area contributed by atoms with Crippen molar-refractivity contribution in [3.63, 3.8) is 0 Å². The highest BCUT2D eigenvalue weighted by Crippen LogP contribution is 2.32. The van der Waals surface area contributed by atoms with Gasteiger partial charge in [-0.3, -0.25) is 0 Å². The topological polar surface area (TPSA) is 53.1 Å². The maximum absolute atomic E-state index is 11.0. The van der Waals surface area contributed by atoms with Crippen LogP contribution in [0.25, 0.3) is 11.1 Å². The third-order valence-corrected chi connectivity index (χ3v) is 3.09. The Balaban J connectivity index is 2.59. The number of benzene rings is 1. The third kappa shape index (κ3) is 1.99. The van der Waals surface area contributed by atoms with Crippen LogP contribution in [0.1, 0.15) is 10.4 Å². The maximum atomic E-state index is 11.0. The summed E-state index contributed by atoms with van der Waals surface area (Å²) >= 11 is 9.19. The van der Waals surface area contributed by atoms with Gasteiger partial charge in [0.25, 0.3) is 0 Å². The van der Waals surface area contributed by atoms with E-state index < -0.39 is 5.97 Å². The molecule has 0 aliphatic heterocycles. The van der Waals surface area contributed by atoms with Crippen molar-refractivity contribution < 1.29 is 9.90 Å². The highest BCUT2D eigenvalue weighted by molar-refractivity contribution is 9.10. The summed E-state index contributed by atoms with van der Waals surface area (Å²) in [4.78, 5) is 13.8. The molecule has 5 heteroatoms. The van der Waals surface area contributed by atoms with Gasteiger partial charge in [0, 0.05) is 27.5 Å². The van der Waals surface area contributed by atoms with Crippen LogP contribution in [0.5, 0.6) is 0 Å². The minimum absolute atomic E-state index is 0.239. The Morgan fingerprint density at radius 1 is 1.31 bits per heavy atom. The molecule has 0 atom stereocenters. The number of hydrogen-bond donors (Lipinski definition) is 2. The fourth-order valence-electron chi connectivity index (χ4n) is 1.47. The Hall–Kier alpha value is -1.26. The van der Waals surface area contributed by atoms with Crippen LogP contribution in [0.4, 0.5) is 0 Å². The van der Waals surface area contributed by atoms with Crippen molar-refractivity contribution >= 4 is 33.5 Å². The lowest BCUT2D eigenvalue weighted by Crippen LogP contribution is -1.96. The molecule has 0 aliphatic rings. The Labute approximate surface area is 105 Å². The molecule has 0 unspecified atom stereocenters. The summed E-state index contributed by atoms with van der Waals surface area (Å²) in [6.45, 7) is 0. The van der Waals surface area contributed by atoms with E-state index in [0.29, 0.717) is 10.6 Å². The van der Waals surface area contributed by atoms with E-state index in [0.717, 1.165) is 10.0 Å². The van der Waals surface area contributed by atoms with Crippen LogP contribution in [0.15, 0.2) is 35.1 Å². The van der Waals surface area contributed by atoms with Crippen LogP contribution in [0.2, 0.25) is 5.02 Å². The number of aromatic amines is 1. The molecule has 16 heavy (non-hydrogen) atoms. The van der Waals surface area contributed by atoms with E-state index in [1.54, 1.807) is 24.4 Å². The third-order valence-electron chi connectivity index (χ3n) is 2.20. The Bertz CT molecular complexity index is 551. The normalized spacial score (nSPS) is 10.4. The first-order valence-corrected chi connectivity index (χ1v) is 5.62. The number of hydrogen-bond acceptors (Lipinski definition) is 1. The second kappa shape index (κ2) is 4.31. The molecule has 82 valence electrons. The van der Waals surface area contributed by atoms with Gasteiger partial charge < -0.3 is 10.1 Å². The number of carbonyl (C=O) groups is 1. The fourth-order valence-corrected chi connectivity index (χ4v) is 2.37. The minimum Gasteiger partial charge on any atom is -0.478 e. The van der Waals surface area contributed by atoms with Crippen molar-refractivity contribution in [3.8, 4) is 11.1 Å². The van der Waals surface area contributed by atoms with Gasteiger partial charge in [0.2, 0.25) is 0 Å². The van der Waals surface area contributed by atoms with Crippen LogP contribution in [-0.4, -0.2) is 16.1 Å². The number of halogens is 2. The van der Waals surface area contributed by atoms with Gasteiger partial charge in [-0.05, 0) is 17.7 Å². The highest BCUT2D eigenvalue weighted by atomic mass is 79.9. The van der Waals surface area contributed by atoms with Crippen molar-refractivity contribution in [2.45, 2.75) is 0 Å². The van der Waals surface area contributed by atoms with Gasteiger partial charge in [0.15, 0.2) is 0 Å². The zero-order valence-electron chi connectivity index (χ0n) is 8.00. The molecule has 0 amide bonds. The van der Waals surface area contributed by atoms with Crippen molar-refractivity contribution in [2.24, 2.45) is 0 Å². The lowest BCUT2D eigenvalue weighted by atomic mass is 10.1. The molecule has 2 N–H and O–H groups in total. The van der Waals surface area contributed by atoms with E-state index in [2.05, 4.69) is 20.9 Å². The molecular weight excluding hydrogens is 293 g/mol. The standard InChI is InChI=1S/C11H7BrClNO2/c12-10-3-6(13)1-2-7(10)8-4-14-5-9(8)11(15)16/h1-5,14H,(H,15,16). The summed E-state index contributed by atoms with van der Waals surface area (Å²) < 4.78 is 0.766. The second-order valence-electron chi connectivity index (χ2n) is 3.21. The summed E-state index contributed by atoms with van der Waals surface area (Å²) in [7, 11) is 0. The number of carboxylic acid groups (broad SMARTS) is 1. The van der Waals surface area contributed by atoms with Crippen molar-refractivity contribution in [3.05, 3.63) is 45.7 Å². The van der Waals surface area contributed by atoms with Crippen LogP contribution < -0.4 is 0 Å². The number of H-pyrrole nitrogens is 1. The first-order chi connectivity index (χ1) is 7.59. The van der Waals surface area contributed by atoms with E-state index >= 15 is 0 Å². The van der Waals surface area contributed by atoms with Gasteiger partial charge in [-0.1, -0.05) is 33.6 Å². The molecule has 1 aromatic carbocycles. The summed E-state index contributed by atoms with van der Waals surface area (Å²) in [5.41, 5.74) is 1.67. The smallest absolute Gasteiger partial charge is 0.337 e. The predicted molar refractivity (Wildman–Crippen MR) is 65.9 cm³/mol. The number of rotatable bonds is 2. The van der Waals surface area contributed by atoms with E-state index in [-0.39, 0.29) is 5.56 Å². The molecule has 0 bridgehead atoms. The quantitative estimate of drug-likeness (QED) is 0.886. The average Bonchev–Trinajstić information content (AvgIpc) is 2.66. The maximum Gasteiger partial charge on any atom is 0.337 e. The molecule has 2 aromatic rings. The van der Waals surface area contributed by atoms with Gasteiger partial charge in [0.05, 0.1) is 5.56 Å². The van der Waals surface area contributed by atoms with Crippen LogP contribution in [0.3, 0.4) is 0 Å². The lowest BCUT2D eigenvalue weighted by molar-refractivity contribution is 0.0698. The summed E-state index contributed by atoms with van der Waals surface area (Å²) in [6, 6.07) is 5.23. The van der Waals surface area contributed by atoms with Gasteiger partial charge >= 0.3 is 5.97 Å². The number of aromatic carboxylic acids is 1. The zero-order valence-corrected chi connectivity index (χ0v) is 10.3. The molecule has 0 aliphatic carbocycles. The van der Waals surface area contributed by atoms with Gasteiger partial charge in [0.1, 0.15) is 0 Å². The van der Waals surface area contributed by atoms with Gasteiger partial charge in [-0.2, -0.15) is 0 Å². The molecule has 1 heterocycles. The largest absolute Gasteiger partial charge is 0.478 e. The minimum atomic E-state index is -0.960. The lowest BCUT2D eigenvalue weighted by Gasteiger charge is -2.04. The fraction of sp³-hybridized carbons (Fsp3) is 0. The number of nitrogens with one attached hydrogen (secondary N) is 1. The summed E-state index contributed by atoms with van der Waals surface area (Å²) in [5.74, 6) is -0.960. The van der Waals surface area contributed by atoms with Crippen molar-refractivity contribution in [2.75, 3.05) is 0 Å². The summed E-state index contributed by atoms with van der Waals surface area (Å²) in [5, 5.41) is 9.60. The molecule has 0 spiro atoms.